The van der Waals surface area contributed by atoms with Crippen molar-refractivity contribution in [2.24, 2.45) is 0 Å². The summed E-state index contributed by atoms with van der Waals surface area (Å²) in [7, 11) is 0. The molecule has 1 saturated heterocycles. The Hall–Kier alpha value is -1.89. The number of hydrogen-bond donors (Lipinski definition) is 3. The van der Waals surface area contributed by atoms with Crippen LogP contribution in [0.15, 0.2) is 24.3 Å². The molecule has 3 rings (SSSR count). The SMILES string of the molecule is Cc1n[nH]c(C)c1CCNCc1cccc(OCC(O)CN2CCCCCC2)c1. The standard InChI is InChI=1S/C23H36N4O2/c1-18-23(19(2)26-25-18)10-11-24-15-20-8-7-9-22(14-20)29-17-21(28)16-27-12-5-3-4-6-13-27/h7-9,14,21,24,28H,3-6,10-13,15-17H2,1-2H3,(H,25,26). The van der Waals surface area contributed by atoms with Crippen LogP contribution in [0.1, 0.15) is 48.2 Å². The molecule has 2 heterocycles. The number of benzene rings is 1. The van der Waals surface area contributed by atoms with E-state index in [1.807, 2.05) is 19.1 Å². The molecule has 3 N–H and O–H groups in total. The van der Waals surface area contributed by atoms with Gasteiger partial charge in [-0.1, -0.05) is 25.0 Å². The summed E-state index contributed by atoms with van der Waals surface area (Å²) in [6.07, 6.45) is 5.62. The van der Waals surface area contributed by atoms with E-state index in [9.17, 15) is 5.11 Å². The lowest BCUT2D eigenvalue weighted by molar-refractivity contribution is 0.0693. The van der Waals surface area contributed by atoms with Gasteiger partial charge in [-0.3, -0.25) is 5.10 Å². The van der Waals surface area contributed by atoms with E-state index in [-0.39, 0.29) is 0 Å². The third kappa shape index (κ3) is 7.14. The lowest BCUT2D eigenvalue weighted by atomic mass is 10.1. The lowest BCUT2D eigenvalue weighted by Crippen LogP contribution is -2.36. The highest BCUT2D eigenvalue weighted by Crippen LogP contribution is 2.15. The maximum Gasteiger partial charge on any atom is 0.119 e. The Bertz CT molecular complexity index is 719. The molecule has 6 nitrogen and oxygen atoms in total. The zero-order valence-corrected chi connectivity index (χ0v) is 17.9. The highest BCUT2D eigenvalue weighted by Gasteiger charge is 2.14. The summed E-state index contributed by atoms with van der Waals surface area (Å²) in [4.78, 5) is 2.37. The molecular weight excluding hydrogens is 364 g/mol. The predicted octanol–water partition coefficient (Wildman–Crippen LogP) is 2.97. The van der Waals surface area contributed by atoms with Crippen molar-refractivity contribution >= 4 is 0 Å². The van der Waals surface area contributed by atoms with Crippen molar-refractivity contribution in [3.63, 3.8) is 0 Å². The Morgan fingerprint density at radius 2 is 2.00 bits per heavy atom. The number of aliphatic hydroxyl groups is 1. The Balaban J connectivity index is 1.38. The minimum absolute atomic E-state index is 0.340. The van der Waals surface area contributed by atoms with Crippen LogP contribution in [0.5, 0.6) is 5.75 Å². The fraction of sp³-hybridized carbons (Fsp3) is 0.609. The first-order chi connectivity index (χ1) is 14.1. The van der Waals surface area contributed by atoms with Crippen molar-refractivity contribution in [1.29, 1.82) is 0 Å². The summed E-state index contributed by atoms with van der Waals surface area (Å²) in [5, 5.41) is 21.1. The summed E-state index contributed by atoms with van der Waals surface area (Å²) in [6, 6.07) is 8.13. The fourth-order valence-electron chi connectivity index (χ4n) is 4.00. The van der Waals surface area contributed by atoms with Crippen molar-refractivity contribution < 1.29 is 9.84 Å². The molecule has 0 bridgehead atoms. The number of nitrogens with one attached hydrogen (secondary N) is 2. The normalized spacial score (nSPS) is 16.5. The van der Waals surface area contributed by atoms with Crippen LogP contribution in [-0.2, 0) is 13.0 Å². The van der Waals surface area contributed by atoms with Gasteiger partial charge in [-0.05, 0) is 76.0 Å². The first-order valence-electron chi connectivity index (χ1n) is 10.9. The van der Waals surface area contributed by atoms with Crippen LogP contribution in [0.3, 0.4) is 0 Å². The van der Waals surface area contributed by atoms with Crippen molar-refractivity contribution in [2.45, 2.75) is 58.6 Å². The molecule has 0 radical (unpaired) electrons. The molecule has 1 aromatic heterocycles. The maximum absolute atomic E-state index is 10.3. The van der Waals surface area contributed by atoms with Gasteiger partial charge in [0.1, 0.15) is 18.5 Å². The van der Waals surface area contributed by atoms with Gasteiger partial charge in [0.25, 0.3) is 0 Å². The second-order valence-electron chi connectivity index (χ2n) is 8.17. The zero-order chi connectivity index (χ0) is 20.5. The lowest BCUT2D eigenvalue weighted by Gasteiger charge is -2.23. The molecule has 1 unspecified atom stereocenters. The van der Waals surface area contributed by atoms with E-state index in [2.05, 4.69) is 39.5 Å². The molecule has 0 saturated carbocycles. The van der Waals surface area contributed by atoms with Gasteiger partial charge in [-0.2, -0.15) is 5.10 Å². The van der Waals surface area contributed by atoms with Gasteiger partial charge < -0.3 is 20.1 Å². The summed E-state index contributed by atoms with van der Waals surface area (Å²) < 4.78 is 5.86. The molecule has 0 spiro atoms. The summed E-state index contributed by atoms with van der Waals surface area (Å²) in [5.74, 6) is 0.820. The number of hydrogen-bond acceptors (Lipinski definition) is 5. The van der Waals surface area contributed by atoms with Crippen molar-refractivity contribution in [3.05, 3.63) is 46.8 Å². The molecular formula is C23H36N4O2. The minimum atomic E-state index is -0.448. The zero-order valence-electron chi connectivity index (χ0n) is 17.9. The van der Waals surface area contributed by atoms with E-state index in [0.29, 0.717) is 13.2 Å². The van der Waals surface area contributed by atoms with Crippen LogP contribution in [0.4, 0.5) is 0 Å². The van der Waals surface area contributed by atoms with E-state index >= 15 is 0 Å². The Labute approximate surface area is 174 Å². The molecule has 2 aromatic rings. The average molecular weight is 401 g/mol. The van der Waals surface area contributed by atoms with E-state index in [1.165, 1.54) is 36.8 Å². The number of aromatic amines is 1. The highest BCUT2D eigenvalue weighted by molar-refractivity contribution is 5.28. The number of H-pyrrole nitrogens is 1. The van der Waals surface area contributed by atoms with Gasteiger partial charge in [-0.15, -0.1) is 0 Å². The molecule has 1 aliphatic rings. The first-order valence-corrected chi connectivity index (χ1v) is 10.9. The van der Waals surface area contributed by atoms with E-state index < -0.39 is 6.10 Å². The second-order valence-corrected chi connectivity index (χ2v) is 8.17. The maximum atomic E-state index is 10.3. The molecule has 1 atom stereocenters. The van der Waals surface area contributed by atoms with Crippen LogP contribution in [0, 0.1) is 13.8 Å². The third-order valence-corrected chi connectivity index (χ3v) is 5.67. The molecule has 1 fully saturated rings. The number of aromatic nitrogens is 2. The quantitative estimate of drug-likeness (QED) is 0.535. The van der Waals surface area contributed by atoms with E-state index in [1.54, 1.807) is 0 Å². The van der Waals surface area contributed by atoms with Crippen LogP contribution < -0.4 is 10.1 Å². The minimum Gasteiger partial charge on any atom is -0.491 e. The highest BCUT2D eigenvalue weighted by atomic mass is 16.5. The van der Waals surface area contributed by atoms with Gasteiger partial charge >= 0.3 is 0 Å². The van der Waals surface area contributed by atoms with E-state index in [4.69, 9.17) is 4.74 Å². The molecule has 160 valence electrons. The number of likely N-dealkylation sites (tertiary alicyclic amines) is 1. The van der Waals surface area contributed by atoms with Crippen LogP contribution in [0.2, 0.25) is 0 Å². The monoisotopic (exact) mass is 400 g/mol. The molecule has 0 amide bonds. The van der Waals surface area contributed by atoms with Gasteiger partial charge in [0.15, 0.2) is 0 Å². The van der Waals surface area contributed by atoms with Crippen LogP contribution in [-0.4, -0.2) is 59.1 Å². The number of aliphatic hydroxyl groups excluding tert-OH is 1. The Morgan fingerprint density at radius 1 is 1.21 bits per heavy atom. The molecule has 1 aliphatic heterocycles. The third-order valence-electron chi connectivity index (χ3n) is 5.67. The van der Waals surface area contributed by atoms with Gasteiger partial charge in [0.05, 0.1) is 5.69 Å². The van der Waals surface area contributed by atoms with Crippen molar-refractivity contribution in [1.82, 2.24) is 20.4 Å². The van der Waals surface area contributed by atoms with Crippen molar-refractivity contribution in [3.8, 4) is 5.75 Å². The Morgan fingerprint density at radius 3 is 2.72 bits per heavy atom. The van der Waals surface area contributed by atoms with Gasteiger partial charge in [-0.25, -0.2) is 0 Å². The van der Waals surface area contributed by atoms with Crippen LogP contribution >= 0.6 is 0 Å². The largest absolute Gasteiger partial charge is 0.491 e. The number of aryl methyl sites for hydroxylation is 2. The molecule has 0 aliphatic carbocycles. The van der Waals surface area contributed by atoms with Crippen LogP contribution in [0.25, 0.3) is 0 Å². The summed E-state index contributed by atoms with van der Waals surface area (Å²) >= 11 is 0. The molecule has 6 heteroatoms. The smallest absolute Gasteiger partial charge is 0.119 e. The number of β-amino-alcohol motifs (C(OH)–C–C–N with tert-alkyl or cyclic N) is 1. The topological polar surface area (TPSA) is 73.4 Å². The first kappa shape index (κ1) is 21.8. The van der Waals surface area contributed by atoms with Crippen molar-refractivity contribution in [2.75, 3.05) is 32.8 Å². The number of nitrogens with zero attached hydrogens (tertiary/aromatic N) is 2. The summed E-state index contributed by atoms with van der Waals surface area (Å²) in [6.45, 7) is 9.04. The molecule has 1 aromatic carbocycles. The number of rotatable bonds is 10. The number of ether oxygens (including phenoxy) is 1. The fourth-order valence-corrected chi connectivity index (χ4v) is 4.00. The average Bonchev–Trinajstić information content (AvgIpc) is 2.89. The van der Waals surface area contributed by atoms with E-state index in [0.717, 1.165) is 49.7 Å². The van der Waals surface area contributed by atoms with Gasteiger partial charge in [0, 0.05) is 18.8 Å². The summed E-state index contributed by atoms with van der Waals surface area (Å²) in [5.41, 5.74) is 4.72. The Kier molecular flexibility index (Phi) is 8.52. The second kappa shape index (κ2) is 11.3. The van der Waals surface area contributed by atoms with Gasteiger partial charge in [0.2, 0.25) is 0 Å². The predicted molar refractivity (Wildman–Crippen MR) is 116 cm³/mol. The molecule has 29 heavy (non-hydrogen) atoms.